The molecule has 1 fully saturated rings. The molecule has 1 heterocycles. The highest BCUT2D eigenvalue weighted by Gasteiger charge is 2.28. The van der Waals surface area contributed by atoms with Gasteiger partial charge in [0.2, 0.25) is 0 Å². The molecule has 1 unspecified atom stereocenters. The number of nitrogens with zero attached hydrogens (tertiary/aromatic N) is 1. The van der Waals surface area contributed by atoms with Crippen LogP contribution >= 0.6 is 0 Å². The van der Waals surface area contributed by atoms with Gasteiger partial charge < -0.3 is 10.1 Å². The lowest BCUT2D eigenvalue weighted by atomic mass is 9.99. The molecule has 0 aliphatic carbocycles. The number of piperidine rings is 1. The Morgan fingerprint density at radius 3 is 2.80 bits per heavy atom. The van der Waals surface area contributed by atoms with E-state index in [0.717, 1.165) is 19.4 Å². The van der Waals surface area contributed by atoms with E-state index >= 15 is 0 Å². The molecule has 7 heteroatoms. The topological polar surface area (TPSA) is 70.7 Å². The summed E-state index contributed by atoms with van der Waals surface area (Å²) in [7, 11) is -1.72. The highest BCUT2D eigenvalue weighted by Crippen LogP contribution is 2.18. The summed E-state index contributed by atoms with van der Waals surface area (Å²) in [6.07, 6.45) is 2.72. The third-order valence-electron chi connectivity index (χ3n) is 3.45. The van der Waals surface area contributed by atoms with Gasteiger partial charge >= 0.3 is 0 Å². The second-order valence-electron chi connectivity index (χ2n) is 5.67. The first-order valence-electron chi connectivity index (χ1n) is 7.42. The van der Waals surface area contributed by atoms with Crippen LogP contribution in [0.3, 0.4) is 0 Å². The van der Waals surface area contributed by atoms with Crippen molar-refractivity contribution in [3.63, 3.8) is 0 Å². The average molecular weight is 307 g/mol. The monoisotopic (exact) mass is 307 g/mol. The fourth-order valence-electron chi connectivity index (χ4n) is 2.32. The molecule has 1 aliphatic rings. The van der Waals surface area contributed by atoms with Crippen LogP contribution in [0.25, 0.3) is 0 Å². The van der Waals surface area contributed by atoms with Crippen LogP contribution in [0.5, 0.6) is 0 Å². The molecule has 0 radical (unpaired) electrons. The molecule has 0 aromatic carbocycles. The van der Waals surface area contributed by atoms with Gasteiger partial charge in [0.15, 0.2) is 0 Å². The summed E-state index contributed by atoms with van der Waals surface area (Å²) in [5.74, 6) is 0.404. The quantitative estimate of drug-likeness (QED) is 0.611. The van der Waals surface area contributed by atoms with Gasteiger partial charge in [-0.2, -0.15) is 12.7 Å². The Labute approximate surface area is 123 Å². The fourth-order valence-corrected chi connectivity index (χ4v) is 3.68. The van der Waals surface area contributed by atoms with Crippen LogP contribution in [0.15, 0.2) is 0 Å². The van der Waals surface area contributed by atoms with Crippen LogP contribution in [0.2, 0.25) is 0 Å². The maximum Gasteiger partial charge on any atom is 0.279 e. The molecule has 1 saturated heterocycles. The zero-order valence-corrected chi connectivity index (χ0v) is 13.7. The molecule has 2 N–H and O–H groups in total. The van der Waals surface area contributed by atoms with Crippen molar-refractivity contribution in [3.05, 3.63) is 0 Å². The molecule has 120 valence electrons. The van der Waals surface area contributed by atoms with Gasteiger partial charge in [0, 0.05) is 39.4 Å². The van der Waals surface area contributed by atoms with Gasteiger partial charge in [-0.05, 0) is 31.7 Å². The smallest absolute Gasteiger partial charge is 0.279 e. The van der Waals surface area contributed by atoms with Crippen molar-refractivity contribution in [1.29, 1.82) is 0 Å². The van der Waals surface area contributed by atoms with Crippen molar-refractivity contribution in [2.75, 3.05) is 39.9 Å². The van der Waals surface area contributed by atoms with Crippen LogP contribution in [0.1, 0.15) is 33.1 Å². The summed E-state index contributed by atoms with van der Waals surface area (Å²) in [6, 6.07) is 0.439. The zero-order chi connectivity index (χ0) is 15.0. The number of hydrogen-bond donors (Lipinski definition) is 2. The molecule has 0 aromatic rings. The summed E-state index contributed by atoms with van der Waals surface area (Å²) in [5.41, 5.74) is 0. The second kappa shape index (κ2) is 8.94. The molecular formula is C13H29N3O3S. The van der Waals surface area contributed by atoms with E-state index in [2.05, 4.69) is 23.9 Å². The predicted octanol–water partition coefficient (Wildman–Crippen LogP) is 0.567. The van der Waals surface area contributed by atoms with Gasteiger partial charge in [-0.1, -0.05) is 13.8 Å². The summed E-state index contributed by atoms with van der Waals surface area (Å²) in [6.45, 7) is 7.33. The van der Waals surface area contributed by atoms with Crippen molar-refractivity contribution < 1.29 is 13.2 Å². The Hall–Kier alpha value is -0.210. The van der Waals surface area contributed by atoms with Crippen LogP contribution in [-0.4, -0.2) is 58.7 Å². The van der Waals surface area contributed by atoms with E-state index in [0.29, 0.717) is 44.6 Å². The predicted molar refractivity (Wildman–Crippen MR) is 80.9 cm³/mol. The van der Waals surface area contributed by atoms with E-state index in [1.165, 1.54) is 0 Å². The number of rotatable bonds is 9. The van der Waals surface area contributed by atoms with Gasteiger partial charge in [-0.25, -0.2) is 4.72 Å². The van der Waals surface area contributed by atoms with Crippen LogP contribution in [0, 0.1) is 5.92 Å². The summed E-state index contributed by atoms with van der Waals surface area (Å²) >= 11 is 0. The minimum Gasteiger partial charge on any atom is -0.385 e. The summed E-state index contributed by atoms with van der Waals surface area (Å²) in [4.78, 5) is 0. The molecule has 0 aromatic heterocycles. The SMILES string of the molecule is COCCCNS(=O)(=O)N1CCCC(CNC(C)C)C1. The highest BCUT2D eigenvalue weighted by atomic mass is 32.2. The Morgan fingerprint density at radius 2 is 2.15 bits per heavy atom. The largest absolute Gasteiger partial charge is 0.385 e. The molecule has 1 aliphatic heterocycles. The van der Waals surface area contributed by atoms with Gasteiger partial charge in [0.1, 0.15) is 0 Å². The van der Waals surface area contributed by atoms with E-state index in [1.807, 2.05) is 0 Å². The lowest BCUT2D eigenvalue weighted by Crippen LogP contribution is -2.48. The summed E-state index contributed by atoms with van der Waals surface area (Å²) < 4.78 is 33.5. The number of methoxy groups -OCH3 is 1. The Morgan fingerprint density at radius 1 is 1.40 bits per heavy atom. The number of nitrogens with one attached hydrogen (secondary N) is 2. The van der Waals surface area contributed by atoms with Gasteiger partial charge in [0.25, 0.3) is 10.2 Å². The van der Waals surface area contributed by atoms with Crippen molar-refractivity contribution in [3.8, 4) is 0 Å². The molecule has 1 atom stereocenters. The Kier molecular flexibility index (Phi) is 7.98. The van der Waals surface area contributed by atoms with Crippen molar-refractivity contribution in [1.82, 2.24) is 14.3 Å². The molecule has 0 amide bonds. The van der Waals surface area contributed by atoms with E-state index in [-0.39, 0.29) is 0 Å². The maximum atomic E-state index is 12.2. The van der Waals surface area contributed by atoms with Gasteiger partial charge in [-0.15, -0.1) is 0 Å². The molecule has 1 rings (SSSR count). The molecule has 20 heavy (non-hydrogen) atoms. The van der Waals surface area contributed by atoms with E-state index in [1.54, 1.807) is 11.4 Å². The van der Waals surface area contributed by atoms with Gasteiger partial charge in [-0.3, -0.25) is 0 Å². The van der Waals surface area contributed by atoms with Crippen molar-refractivity contribution in [2.45, 2.75) is 39.2 Å². The molecule has 0 saturated carbocycles. The summed E-state index contributed by atoms with van der Waals surface area (Å²) in [5, 5.41) is 3.39. The number of ether oxygens (including phenoxy) is 1. The van der Waals surface area contributed by atoms with Gasteiger partial charge in [0.05, 0.1) is 0 Å². The first-order valence-corrected chi connectivity index (χ1v) is 8.86. The van der Waals surface area contributed by atoms with E-state index < -0.39 is 10.2 Å². The van der Waals surface area contributed by atoms with Crippen molar-refractivity contribution in [2.24, 2.45) is 5.92 Å². The zero-order valence-electron chi connectivity index (χ0n) is 12.9. The first-order chi connectivity index (χ1) is 9.45. The maximum absolute atomic E-state index is 12.2. The minimum atomic E-state index is -3.34. The molecular weight excluding hydrogens is 278 g/mol. The van der Waals surface area contributed by atoms with Crippen molar-refractivity contribution >= 4 is 10.2 Å². The van der Waals surface area contributed by atoms with Crippen LogP contribution in [-0.2, 0) is 14.9 Å². The molecule has 6 nitrogen and oxygen atoms in total. The Balaban J connectivity index is 2.40. The lowest BCUT2D eigenvalue weighted by Gasteiger charge is -2.32. The van der Waals surface area contributed by atoms with E-state index in [4.69, 9.17) is 4.74 Å². The third-order valence-corrected chi connectivity index (χ3v) is 5.03. The standard InChI is InChI=1S/C13H29N3O3S/c1-12(2)14-10-13-6-4-8-16(11-13)20(17,18)15-7-5-9-19-3/h12-15H,4-11H2,1-3H3. The number of hydrogen-bond acceptors (Lipinski definition) is 4. The Bertz CT molecular complexity index is 360. The average Bonchev–Trinajstić information content (AvgIpc) is 2.42. The second-order valence-corrected chi connectivity index (χ2v) is 7.43. The minimum absolute atomic E-state index is 0.404. The highest BCUT2D eigenvalue weighted by molar-refractivity contribution is 7.87. The van der Waals surface area contributed by atoms with Crippen LogP contribution in [0.4, 0.5) is 0 Å². The molecule has 0 spiro atoms. The first kappa shape index (κ1) is 17.8. The normalized spacial score (nSPS) is 21.5. The lowest BCUT2D eigenvalue weighted by molar-refractivity contribution is 0.195. The van der Waals surface area contributed by atoms with Crippen LogP contribution < -0.4 is 10.0 Å². The fraction of sp³-hybridized carbons (Fsp3) is 1.00. The van der Waals surface area contributed by atoms with E-state index in [9.17, 15) is 8.42 Å². The third kappa shape index (κ3) is 6.49. The molecule has 0 bridgehead atoms.